The zero-order valence-electron chi connectivity index (χ0n) is 19.3. The number of benzene rings is 2. The first-order valence-corrected chi connectivity index (χ1v) is 12.2. The average molecular weight is 548 g/mol. The number of aromatic nitrogens is 1. The summed E-state index contributed by atoms with van der Waals surface area (Å²) in [5.41, 5.74) is -1.79. The molecule has 0 saturated carbocycles. The summed E-state index contributed by atoms with van der Waals surface area (Å²) in [5.74, 6) is -4.27. The van der Waals surface area contributed by atoms with E-state index in [0.29, 0.717) is 29.4 Å². The number of fused-ring (bicyclic) bond motifs is 2. The molecule has 2 N–H and O–H groups in total. The Morgan fingerprint density at radius 2 is 1.78 bits per heavy atom. The van der Waals surface area contributed by atoms with Crippen LogP contribution in [-0.2, 0) is 12.0 Å². The van der Waals surface area contributed by atoms with Gasteiger partial charge in [-0.25, -0.2) is 13.8 Å². The molecule has 0 unspecified atom stereocenters. The van der Waals surface area contributed by atoms with Gasteiger partial charge < -0.3 is 15.1 Å². The summed E-state index contributed by atoms with van der Waals surface area (Å²) in [4.78, 5) is 33.3. The molecule has 2 aliphatic heterocycles. The quantitative estimate of drug-likeness (QED) is 0.505. The maximum atomic E-state index is 14.9. The SMILES string of the molecule is O=C1c2ccc(Cl)cc2CCN1c1ccc(C(=O)N2CCC(F)(F)[C@](O)(CO)c3cc(Cl)ccc32)cn1. The van der Waals surface area contributed by atoms with Crippen molar-refractivity contribution in [1.82, 2.24) is 4.98 Å². The molecule has 3 aromatic rings. The number of pyridine rings is 1. The van der Waals surface area contributed by atoms with Crippen LogP contribution < -0.4 is 9.80 Å². The van der Waals surface area contributed by atoms with Gasteiger partial charge >= 0.3 is 0 Å². The molecule has 2 aromatic carbocycles. The van der Waals surface area contributed by atoms with Crippen LogP contribution in [0.4, 0.5) is 20.3 Å². The highest BCUT2D eigenvalue weighted by Gasteiger charge is 2.56. The summed E-state index contributed by atoms with van der Waals surface area (Å²) in [6.45, 7) is -1.30. The molecular formula is C26H21Cl2F2N3O4. The van der Waals surface area contributed by atoms with Crippen LogP contribution in [0, 0.1) is 0 Å². The van der Waals surface area contributed by atoms with E-state index in [1.54, 1.807) is 18.2 Å². The van der Waals surface area contributed by atoms with E-state index in [9.17, 15) is 28.6 Å². The molecule has 0 bridgehead atoms. The minimum absolute atomic E-state index is 0.00803. The van der Waals surface area contributed by atoms with Crippen LogP contribution in [0.5, 0.6) is 0 Å². The number of aliphatic hydroxyl groups is 2. The Morgan fingerprint density at radius 1 is 1.05 bits per heavy atom. The number of hydrogen-bond acceptors (Lipinski definition) is 5. The van der Waals surface area contributed by atoms with Gasteiger partial charge in [-0.2, -0.15) is 0 Å². The van der Waals surface area contributed by atoms with Crippen LogP contribution in [0.25, 0.3) is 0 Å². The lowest BCUT2D eigenvalue weighted by atomic mass is 9.86. The van der Waals surface area contributed by atoms with Gasteiger partial charge in [0.05, 0.1) is 17.9 Å². The molecule has 1 aromatic heterocycles. The van der Waals surface area contributed by atoms with Crippen molar-refractivity contribution in [3.8, 4) is 0 Å². The third-order valence-corrected chi connectivity index (χ3v) is 7.31. The zero-order valence-corrected chi connectivity index (χ0v) is 20.8. The van der Waals surface area contributed by atoms with Gasteiger partial charge in [0.15, 0.2) is 5.60 Å². The second kappa shape index (κ2) is 9.33. The molecule has 0 fully saturated rings. The van der Waals surface area contributed by atoms with Crippen LogP contribution in [0.1, 0.15) is 38.3 Å². The minimum Gasteiger partial charge on any atom is -0.393 e. The van der Waals surface area contributed by atoms with Gasteiger partial charge in [0.2, 0.25) is 0 Å². The third kappa shape index (κ3) is 4.25. The lowest BCUT2D eigenvalue weighted by Gasteiger charge is -2.33. The third-order valence-electron chi connectivity index (χ3n) is 6.84. The van der Waals surface area contributed by atoms with E-state index < -0.39 is 37.0 Å². The van der Waals surface area contributed by atoms with Gasteiger partial charge in [-0.1, -0.05) is 23.2 Å². The first-order chi connectivity index (χ1) is 17.6. The molecule has 3 heterocycles. The summed E-state index contributed by atoms with van der Waals surface area (Å²) in [6, 6.07) is 11.9. The fourth-order valence-electron chi connectivity index (χ4n) is 4.77. The maximum Gasteiger partial charge on any atom is 0.284 e. The molecule has 192 valence electrons. The lowest BCUT2D eigenvalue weighted by molar-refractivity contribution is -0.205. The monoisotopic (exact) mass is 547 g/mol. The average Bonchev–Trinajstić information content (AvgIpc) is 2.96. The van der Waals surface area contributed by atoms with Crippen LogP contribution in [0.15, 0.2) is 54.7 Å². The number of amides is 2. The second-order valence-corrected chi connectivity index (χ2v) is 9.88. The number of aliphatic hydroxyl groups excluding tert-OH is 1. The molecule has 0 spiro atoms. The predicted molar refractivity (Wildman–Crippen MR) is 135 cm³/mol. The molecule has 37 heavy (non-hydrogen) atoms. The highest BCUT2D eigenvalue weighted by molar-refractivity contribution is 6.31. The lowest BCUT2D eigenvalue weighted by Crippen LogP contribution is -2.48. The summed E-state index contributed by atoms with van der Waals surface area (Å²) >= 11 is 12.0. The van der Waals surface area contributed by atoms with Gasteiger partial charge in [-0.3, -0.25) is 14.5 Å². The standard InChI is InChI=1S/C26H21Cl2F2N3O4/c27-17-2-4-19-15(11-17)7-9-33(24(19)36)22-6-1-16(13-31-22)23(35)32-10-8-26(29,30)25(37,14-34)20-12-18(28)3-5-21(20)32/h1-6,11-13,34,37H,7-10,14H2/t25-/m0/s1. The maximum absolute atomic E-state index is 14.9. The number of carbonyl (C=O) groups excluding carboxylic acids is 2. The van der Waals surface area contributed by atoms with E-state index in [2.05, 4.69) is 4.98 Å². The summed E-state index contributed by atoms with van der Waals surface area (Å²) in [6.07, 6.45) is 0.970. The molecule has 11 heteroatoms. The van der Waals surface area contributed by atoms with E-state index in [1.165, 1.54) is 35.4 Å². The Bertz CT molecular complexity index is 1400. The van der Waals surface area contributed by atoms with E-state index >= 15 is 0 Å². The smallest absolute Gasteiger partial charge is 0.284 e. The second-order valence-electron chi connectivity index (χ2n) is 9.00. The van der Waals surface area contributed by atoms with E-state index in [-0.39, 0.29) is 27.7 Å². The molecule has 0 aliphatic carbocycles. The molecular weight excluding hydrogens is 527 g/mol. The summed E-state index contributed by atoms with van der Waals surface area (Å²) in [7, 11) is 0. The van der Waals surface area contributed by atoms with Gasteiger partial charge in [0.1, 0.15) is 5.82 Å². The normalized spacial score (nSPS) is 20.8. The Balaban J connectivity index is 1.45. The predicted octanol–water partition coefficient (Wildman–Crippen LogP) is 4.46. The first kappa shape index (κ1) is 25.5. The molecule has 2 aliphatic rings. The van der Waals surface area contributed by atoms with Gasteiger partial charge in [-0.15, -0.1) is 0 Å². The zero-order chi connectivity index (χ0) is 26.5. The van der Waals surface area contributed by atoms with Crippen molar-refractivity contribution in [3.63, 3.8) is 0 Å². The van der Waals surface area contributed by atoms with E-state index in [0.717, 1.165) is 16.5 Å². The molecule has 5 rings (SSSR count). The van der Waals surface area contributed by atoms with Crippen molar-refractivity contribution < 1.29 is 28.6 Å². The van der Waals surface area contributed by atoms with Crippen LogP contribution >= 0.6 is 23.2 Å². The Hall–Kier alpha value is -3.11. The topological polar surface area (TPSA) is 94.0 Å². The van der Waals surface area contributed by atoms with Crippen molar-refractivity contribution in [3.05, 3.63) is 87.0 Å². The van der Waals surface area contributed by atoms with Gasteiger partial charge in [-0.05, 0) is 60.5 Å². The number of anilines is 2. The summed E-state index contributed by atoms with van der Waals surface area (Å²) in [5, 5.41) is 21.1. The van der Waals surface area contributed by atoms with Crippen molar-refractivity contribution >= 4 is 46.5 Å². The van der Waals surface area contributed by atoms with Crippen LogP contribution in [0.3, 0.4) is 0 Å². The molecule has 0 radical (unpaired) electrons. The fraction of sp³-hybridized carbons (Fsp3) is 0.269. The van der Waals surface area contributed by atoms with Crippen LogP contribution in [0.2, 0.25) is 10.0 Å². The Labute approximate surface area is 220 Å². The molecule has 1 atom stereocenters. The number of rotatable bonds is 3. The molecule has 2 amide bonds. The number of carbonyl (C=O) groups is 2. The van der Waals surface area contributed by atoms with E-state index in [4.69, 9.17) is 23.2 Å². The molecule has 0 saturated heterocycles. The van der Waals surface area contributed by atoms with Crippen molar-refractivity contribution in [2.75, 3.05) is 29.5 Å². The van der Waals surface area contributed by atoms with Gasteiger partial charge in [0.25, 0.3) is 17.7 Å². The Morgan fingerprint density at radius 3 is 2.49 bits per heavy atom. The number of nitrogens with zero attached hydrogens (tertiary/aromatic N) is 3. The van der Waals surface area contributed by atoms with Crippen molar-refractivity contribution in [2.24, 2.45) is 0 Å². The first-order valence-electron chi connectivity index (χ1n) is 11.4. The number of alkyl halides is 2. The van der Waals surface area contributed by atoms with Gasteiger partial charge in [0, 0.05) is 46.9 Å². The van der Waals surface area contributed by atoms with Crippen molar-refractivity contribution in [1.29, 1.82) is 0 Å². The Kier molecular flexibility index (Phi) is 6.44. The number of hydrogen-bond donors (Lipinski definition) is 2. The van der Waals surface area contributed by atoms with E-state index in [1.807, 2.05) is 0 Å². The summed E-state index contributed by atoms with van der Waals surface area (Å²) < 4.78 is 29.9. The molecule has 7 nitrogen and oxygen atoms in total. The van der Waals surface area contributed by atoms with Crippen molar-refractivity contribution in [2.45, 2.75) is 24.4 Å². The van der Waals surface area contributed by atoms with Crippen LogP contribution in [-0.4, -0.2) is 52.6 Å². The number of halogens is 4. The largest absolute Gasteiger partial charge is 0.393 e. The highest BCUT2D eigenvalue weighted by Crippen LogP contribution is 2.47. The minimum atomic E-state index is -3.73. The highest BCUT2D eigenvalue weighted by atomic mass is 35.5. The fourth-order valence-corrected chi connectivity index (χ4v) is 5.13.